The molecule has 0 saturated carbocycles. The minimum Gasteiger partial charge on any atom is -0.493 e. The number of nitrogens with zero attached hydrogens (tertiary/aromatic N) is 3. The number of aromatic hydroxyl groups is 1. The van der Waals surface area contributed by atoms with Crippen LogP contribution in [0.5, 0.6) is 5.88 Å². The standard InChI is InChI=1S/C20H15N3O3S/c1-23-18(24)17(10-13-11-21-16-8-3-2-7-15(13)16)27-20(23)22-14-6-4-5-12(9-14)19(25)26/h2-11,24H,1H3,(H,25,26)/b13-10+,22-20?. The summed E-state index contributed by atoms with van der Waals surface area (Å²) in [5.41, 5.74) is 3.52. The first-order valence-corrected chi connectivity index (χ1v) is 8.96. The van der Waals surface area contributed by atoms with Gasteiger partial charge in [0.15, 0.2) is 4.80 Å². The number of rotatable bonds is 3. The SMILES string of the molecule is Cn1c(O)c(/C=C2\C=Nc3ccccc32)sc1=Nc1cccc(C(=O)O)c1. The Balaban J connectivity index is 1.77. The Bertz CT molecular complexity index is 1190. The Morgan fingerprint density at radius 1 is 1.22 bits per heavy atom. The summed E-state index contributed by atoms with van der Waals surface area (Å²) in [6.07, 6.45) is 3.65. The molecule has 6 nitrogen and oxygen atoms in total. The van der Waals surface area contributed by atoms with Crippen LogP contribution in [0.3, 0.4) is 0 Å². The Kier molecular flexibility index (Phi) is 4.21. The highest BCUT2D eigenvalue weighted by Gasteiger charge is 2.14. The largest absolute Gasteiger partial charge is 0.493 e. The molecule has 2 heterocycles. The lowest BCUT2D eigenvalue weighted by Gasteiger charge is -1.99. The highest BCUT2D eigenvalue weighted by molar-refractivity contribution is 7.10. The van der Waals surface area contributed by atoms with Gasteiger partial charge in [-0.2, -0.15) is 0 Å². The fourth-order valence-corrected chi connectivity index (χ4v) is 3.76. The van der Waals surface area contributed by atoms with E-state index in [-0.39, 0.29) is 11.4 Å². The molecule has 7 heteroatoms. The second-order valence-electron chi connectivity index (χ2n) is 5.97. The number of thiazole rings is 1. The van der Waals surface area contributed by atoms with Gasteiger partial charge >= 0.3 is 5.97 Å². The summed E-state index contributed by atoms with van der Waals surface area (Å²) in [6.45, 7) is 0. The van der Waals surface area contributed by atoms with Crippen molar-refractivity contribution in [1.82, 2.24) is 4.57 Å². The van der Waals surface area contributed by atoms with Crippen LogP contribution in [0.25, 0.3) is 11.6 Å². The number of hydrogen-bond acceptors (Lipinski definition) is 5. The lowest BCUT2D eigenvalue weighted by molar-refractivity contribution is 0.0697. The summed E-state index contributed by atoms with van der Waals surface area (Å²) in [5.74, 6) is -0.909. The molecule has 0 amide bonds. The minimum atomic E-state index is -1.00. The average Bonchev–Trinajstić information content (AvgIpc) is 3.19. The van der Waals surface area contributed by atoms with E-state index in [0.29, 0.717) is 15.4 Å². The van der Waals surface area contributed by atoms with Gasteiger partial charge in [-0.3, -0.25) is 9.56 Å². The molecule has 0 unspecified atom stereocenters. The Hall–Kier alpha value is -3.45. The smallest absolute Gasteiger partial charge is 0.335 e. The van der Waals surface area contributed by atoms with E-state index < -0.39 is 5.97 Å². The van der Waals surface area contributed by atoms with Gasteiger partial charge in [0, 0.05) is 24.4 Å². The fourth-order valence-electron chi connectivity index (χ4n) is 2.77. The molecular formula is C20H15N3O3S. The van der Waals surface area contributed by atoms with Crippen molar-refractivity contribution in [2.45, 2.75) is 0 Å². The van der Waals surface area contributed by atoms with Crippen LogP contribution in [-0.2, 0) is 7.05 Å². The quantitative estimate of drug-likeness (QED) is 0.724. The number of aromatic nitrogens is 1. The van der Waals surface area contributed by atoms with Gasteiger partial charge in [0.1, 0.15) is 0 Å². The molecule has 1 aliphatic rings. The van der Waals surface area contributed by atoms with E-state index in [1.807, 2.05) is 30.3 Å². The van der Waals surface area contributed by atoms with Gasteiger partial charge in [0.05, 0.1) is 21.8 Å². The third-order valence-corrected chi connectivity index (χ3v) is 5.26. The number of aliphatic imine (C=N–C) groups is 1. The number of carboxylic acid groups (broad SMARTS) is 1. The molecule has 2 aromatic carbocycles. The van der Waals surface area contributed by atoms with Crippen molar-refractivity contribution in [3.05, 3.63) is 69.3 Å². The van der Waals surface area contributed by atoms with Crippen LogP contribution in [-0.4, -0.2) is 27.0 Å². The van der Waals surface area contributed by atoms with Gasteiger partial charge in [-0.15, -0.1) is 0 Å². The number of carbonyl (C=O) groups is 1. The molecule has 2 N–H and O–H groups in total. The first kappa shape index (κ1) is 17.0. The van der Waals surface area contributed by atoms with Gasteiger partial charge < -0.3 is 10.2 Å². The number of carboxylic acids is 1. The van der Waals surface area contributed by atoms with Crippen LogP contribution in [0, 0.1) is 0 Å². The van der Waals surface area contributed by atoms with E-state index in [0.717, 1.165) is 16.8 Å². The molecule has 0 bridgehead atoms. The maximum Gasteiger partial charge on any atom is 0.335 e. The molecule has 27 heavy (non-hydrogen) atoms. The number of allylic oxidation sites excluding steroid dienone is 1. The van der Waals surface area contributed by atoms with Crippen molar-refractivity contribution in [3.8, 4) is 5.88 Å². The van der Waals surface area contributed by atoms with Gasteiger partial charge in [0.25, 0.3) is 0 Å². The van der Waals surface area contributed by atoms with Gasteiger partial charge in [-0.25, -0.2) is 9.79 Å². The molecule has 0 radical (unpaired) electrons. The molecule has 134 valence electrons. The Morgan fingerprint density at radius 2 is 2.04 bits per heavy atom. The number of aromatic carboxylic acids is 1. The number of fused-ring (bicyclic) bond motifs is 1. The van der Waals surface area contributed by atoms with Gasteiger partial charge in [0.2, 0.25) is 5.88 Å². The van der Waals surface area contributed by atoms with Crippen LogP contribution in [0.1, 0.15) is 20.8 Å². The molecule has 1 aliphatic heterocycles. The van der Waals surface area contributed by atoms with Crippen LogP contribution in [0.2, 0.25) is 0 Å². The van der Waals surface area contributed by atoms with Crippen LogP contribution in [0.15, 0.2) is 58.5 Å². The molecule has 0 fully saturated rings. The zero-order valence-corrected chi connectivity index (χ0v) is 15.1. The van der Waals surface area contributed by atoms with Crippen LogP contribution < -0.4 is 4.80 Å². The van der Waals surface area contributed by atoms with E-state index in [4.69, 9.17) is 5.11 Å². The first-order valence-electron chi connectivity index (χ1n) is 8.15. The maximum atomic E-state index is 11.1. The van der Waals surface area contributed by atoms with Crippen molar-refractivity contribution < 1.29 is 15.0 Å². The Labute approximate surface area is 158 Å². The zero-order chi connectivity index (χ0) is 19.0. The molecule has 0 atom stereocenters. The van der Waals surface area contributed by atoms with Crippen LogP contribution in [0.4, 0.5) is 11.4 Å². The van der Waals surface area contributed by atoms with Crippen LogP contribution >= 0.6 is 11.3 Å². The molecule has 0 saturated heterocycles. The molecular weight excluding hydrogens is 362 g/mol. The molecule has 4 rings (SSSR count). The average molecular weight is 377 g/mol. The second kappa shape index (κ2) is 6.69. The summed E-state index contributed by atoms with van der Waals surface area (Å²) in [4.78, 5) is 21.2. The highest BCUT2D eigenvalue weighted by atomic mass is 32.1. The van der Waals surface area contributed by atoms with E-state index in [9.17, 15) is 9.90 Å². The second-order valence-corrected chi connectivity index (χ2v) is 6.98. The Morgan fingerprint density at radius 3 is 2.85 bits per heavy atom. The van der Waals surface area contributed by atoms with E-state index >= 15 is 0 Å². The van der Waals surface area contributed by atoms with E-state index in [1.165, 1.54) is 23.5 Å². The number of benzene rings is 2. The maximum absolute atomic E-state index is 11.1. The normalized spacial score (nSPS) is 14.7. The first-order chi connectivity index (χ1) is 13.0. The van der Waals surface area contributed by atoms with Crippen molar-refractivity contribution in [2.24, 2.45) is 17.0 Å². The summed E-state index contributed by atoms with van der Waals surface area (Å²) in [6, 6.07) is 14.2. The third kappa shape index (κ3) is 3.20. The molecule has 0 aliphatic carbocycles. The third-order valence-electron chi connectivity index (χ3n) is 4.19. The van der Waals surface area contributed by atoms with Crippen molar-refractivity contribution in [1.29, 1.82) is 0 Å². The van der Waals surface area contributed by atoms with Gasteiger partial charge in [-0.1, -0.05) is 35.6 Å². The van der Waals surface area contributed by atoms with E-state index in [1.54, 1.807) is 30.0 Å². The predicted octanol–water partition coefficient (Wildman–Crippen LogP) is 3.98. The number of para-hydroxylation sites is 1. The molecule has 1 aromatic heterocycles. The minimum absolute atomic E-state index is 0.0958. The van der Waals surface area contributed by atoms with Crippen molar-refractivity contribution in [2.75, 3.05) is 0 Å². The lowest BCUT2D eigenvalue weighted by Crippen LogP contribution is -2.08. The molecule has 0 spiro atoms. The summed E-state index contributed by atoms with van der Waals surface area (Å²) < 4.78 is 1.57. The van der Waals surface area contributed by atoms with Gasteiger partial charge in [-0.05, 0) is 30.3 Å². The van der Waals surface area contributed by atoms with Crippen molar-refractivity contribution >= 4 is 46.5 Å². The fraction of sp³-hybridized carbons (Fsp3) is 0.0500. The summed E-state index contributed by atoms with van der Waals surface area (Å²) in [7, 11) is 1.71. The monoisotopic (exact) mass is 377 g/mol. The van der Waals surface area contributed by atoms with Crippen molar-refractivity contribution in [3.63, 3.8) is 0 Å². The van der Waals surface area contributed by atoms with E-state index in [2.05, 4.69) is 9.98 Å². The topological polar surface area (TPSA) is 87.2 Å². The summed E-state index contributed by atoms with van der Waals surface area (Å²) >= 11 is 1.32. The molecule has 3 aromatic rings. The lowest BCUT2D eigenvalue weighted by atomic mass is 10.1. The number of hydrogen-bond donors (Lipinski definition) is 2. The highest BCUT2D eigenvalue weighted by Crippen LogP contribution is 2.34. The summed E-state index contributed by atoms with van der Waals surface area (Å²) in [5, 5.41) is 19.6. The predicted molar refractivity (Wildman–Crippen MR) is 106 cm³/mol. The zero-order valence-electron chi connectivity index (χ0n) is 14.3.